The number of carbonyl (C=O) groups is 1. The van der Waals surface area contributed by atoms with Crippen molar-refractivity contribution in [1.82, 2.24) is 20.1 Å². The Bertz CT molecular complexity index is 599. The Morgan fingerprint density at radius 1 is 1.36 bits per heavy atom. The van der Waals surface area contributed by atoms with Crippen molar-refractivity contribution in [3.8, 4) is 0 Å². The van der Waals surface area contributed by atoms with Crippen LogP contribution in [0.2, 0.25) is 0 Å². The second-order valence-corrected chi connectivity index (χ2v) is 6.55. The highest BCUT2D eigenvalue weighted by atomic mass is 32.2. The summed E-state index contributed by atoms with van der Waals surface area (Å²) in [6.07, 6.45) is 2.63. The third-order valence-electron chi connectivity index (χ3n) is 3.61. The van der Waals surface area contributed by atoms with E-state index in [2.05, 4.69) is 34.6 Å². The van der Waals surface area contributed by atoms with Crippen molar-refractivity contribution in [2.45, 2.75) is 36.6 Å². The van der Waals surface area contributed by atoms with E-state index in [0.717, 1.165) is 11.6 Å². The highest BCUT2D eigenvalue weighted by molar-refractivity contribution is 8.00. The van der Waals surface area contributed by atoms with E-state index < -0.39 is 0 Å². The molecule has 0 unspecified atom stereocenters. The van der Waals surface area contributed by atoms with Gasteiger partial charge in [-0.3, -0.25) is 4.79 Å². The number of thioether (sulfide) groups is 1. The third kappa shape index (κ3) is 4.34. The van der Waals surface area contributed by atoms with Crippen LogP contribution in [0, 0.1) is 0 Å². The van der Waals surface area contributed by atoms with Gasteiger partial charge in [0.2, 0.25) is 5.91 Å². The SMILES string of the molecule is CC[C@H](CNC(=O)[C@@H](C)Sc1nncn1C)c1ccccc1. The molecule has 2 aromatic rings. The van der Waals surface area contributed by atoms with Gasteiger partial charge in [-0.15, -0.1) is 10.2 Å². The third-order valence-corrected chi connectivity index (χ3v) is 4.76. The van der Waals surface area contributed by atoms with Crippen molar-refractivity contribution in [3.63, 3.8) is 0 Å². The second-order valence-electron chi connectivity index (χ2n) is 5.25. The van der Waals surface area contributed by atoms with Crippen molar-refractivity contribution in [1.29, 1.82) is 0 Å². The zero-order valence-corrected chi connectivity index (χ0v) is 14.0. The summed E-state index contributed by atoms with van der Waals surface area (Å²) in [5.41, 5.74) is 1.26. The number of aromatic nitrogens is 3. The molecule has 0 spiro atoms. The number of rotatable bonds is 7. The van der Waals surface area contributed by atoms with Gasteiger partial charge >= 0.3 is 0 Å². The first-order valence-corrected chi connectivity index (χ1v) is 8.33. The molecule has 1 aromatic heterocycles. The molecule has 6 heteroatoms. The lowest BCUT2D eigenvalue weighted by molar-refractivity contribution is -0.120. The molecule has 1 amide bonds. The van der Waals surface area contributed by atoms with E-state index in [9.17, 15) is 4.79 Å². The minimum atomic E-state index is -0.198. The van der Waals surface area contributed by atoms with Gasteiger partial charge in [0.15, 0.2) is 5.16 Å². The van der Waals surface area contributed by atoms with Crippen molar-refractivity contribution in [3.05, 3.63) is 42.2 Å². The van der Waals surface area contributed by atoms with Crippen molar-refractivity contribution in [2.75, 3.05) is 6.54 Å². The fourth-order valence-corrected chi connectivity index (χ4v) is 3.00. The predicted octanol–water partition coefficient (Wildman–Crippen LogP) is 2.61. The number of amides is 1. The Hall–Kier alpha value is -1.82. The van der Waals surface area contributed by atoms with Crippen molar-refractivity contribution >= 4 is 17.7 Å². The number of benzene rings is 1. The van der Waals surface area contributed by atoms with Crippen LogP contribution in [-0.4, -0.2) is 32.5 Å². The maximum atomic E-state index is 12.2. The molecule has 118 valence electrons. The van der Waals surface area contributed by atoms with Gasteiger partial charge in [-0.2, -0.15) is 0 Å². The average Bonchev–Trinajstić information content (AvgIpc) is 2.94. The Kier molecular flexibility index (Phi) is 6.00. The van der Waals surface area contributed by atoms with Gasteiger partial charge in [-0.25, -0.2) is 0 Å². The topological polar surface area (TPSA) is 59.8 Å². The van der Waals surface area contributed by atoms with Gasteiger partial charge in [0.25, 0.3) is 0 Å². The number of hydrogen-bond acceptors (Lipinski definition) is 4. The quantitative estimate of drug-likeness (QED) is 0.797. The normalized spacial score (nSPS) is 13.6. The Morgan fingerprint density at radius 3 is 2.68 bits per heavy atom. The molecule has 0 saturated carbocycles. The van der Waals surface area contributed by atoms with E-state index in [1.54, 1.807) is 6.33 Å². The first-order valence-electron chi connectivity index (χ1n) is 7.45. The van der Waals surface area contributed by atoms with Gasteiger partial charge in [-0.1, -0.05) is 49.0 Å². The molecule has 0 aliphatic carbocycles. The molecule has 5 nitrogen and oxygen atoms in total. The molecule has 0 bridgehead atoms. The molecule has 2 rings (SSSR count). The summed E-state index contributed by atoms with van der Waals surface area (Å²) in [7, 11) is 1.87. The lowest BCUT2D eigenvalue weighted by Crippen LogP contribution is -2.34. The largest absolute Gasteiger partial charge is 0.355 e. The standard InChI is InChI=1S/C16H22N4OS/c1-4-13(14-8-6-5-7-9-14)10-17-15(21)12(2)22-16-19-18-11-20(16)3/h5-9,11-13H,4,10H2,1-3H3,(H,17,21)/t12-,13-/m1/s1. The van der Waals surface area contributed by atoms with E-state index in [0.29, 0.717) is 12.5 Å². The molecule has 2 atom stereocenters. The van der Waals surface area contributed by atoms with Gasteiger partial charge in [0.1, 0.15) is 6.33 Å². The number of aryl methyl sites for hydroxylation is 1. The molecule has 0 fully saturated rings. The molecule has 1 N–H and O–H groups in total. The van der Waals surface area contributed by atoms with Crippen LogP contribution in [0.25, 0.3) is 0 Å². The molecule has 0 aliphatic rings. The summed E-state index contributed by atoms with van der Waals surface area (Å²) < 4.78 is 1.81. The smallest absolute Gasteiger partial charge is 0.233 e. The summed E-state index contributed by atoms with van der Waals surface area (Å²) in [6.45, 7) is 4.68. The van der Waals surface area contributed by atoms with Gasteiger partial charge in [0.05, 0.1) is 5.25 Å². The van der Waals surface area contributed by atoms with Crippen LogP contribution in [0.3, 0.4) is 0 Å². The zero-order valence-electron chi connectivity index (χ0n) is 13.2. The van der Waals surface area contributed by atoms with Gasteiger partial charge in [0, 0.05) is 19.5 Å². The Labute approximate surface area is 135 Å². The van der Waals surface area contributed by atoms with Crippen molar-refractivity contribution < 1.29 is 4.79 Å². The summed E-state index contributed by atoms with van der Waals surface area (Å²) in [5.74, 6) is 0.375. The fourth-order valence-electron chi connectivity index (χ4n) is 2.18. The predicted molar refractivity (Wildman–Crippen MR) is 88.8 cm³/mol. The highest BCUT2D eigenvalue weighted by Crippen LogP contribution is 2.21. The first-order chi connectivity index (χ1) is 10.6. The number of nitrogens with zero attached hydrogens (tertiary/aromatic N) is 3. The average molecular weight is 318 g/mol. The molecule has 1 heterocycles. The van der Waals surface area contributed by atoms with Crippen LogP contribution in [-0.2, 0) is 11.8 Å². The minimum absolute atomic E-state index is 0.0300. The fraction of sp³-hybridized carbons (Fsp3) is 0.438. The lowest BCUT2D eigenvalue weighted by atomic mass is 9.96. The molecule has 0 saturated heterocycles. The molecule has 22 heavy (non-hydrogen) atoms. The maximum Gasteiger partial charge on any atom is 0.233 e. The van der Waals surface area contributed by atoms with Crippen molar-refractivity contribution in [2.24, 2.45) is 7.05 Å². The Balaban J connectivity index is 1.87. The highest BCUT2D eigenvalue weighted by Gasteiger charge is 2.18. The number of hydrogen-bond donors (Lipinski definition) is 1. The molecular weight excluding hydrogens is 296 g/mol. The van der Waals surface area contributed by atoms with Crippen LogP contribution in [0.15, 0.2) is 41.8 Å². The first kappa shape index (κ1) is 16.5. The Morgan fingerprint density at radius 2 is 2.09 bits per heavy atom. The summed E-state index contributed by atoms with van der Waals surface area (Å²) in [5, 5.41) is 11.4. The minimum Gasteiger partial charge on any atom is -0.355 e. The van der Waals surface area contributed by atoms with E-state index in [-0.39, 0.29) is 11.2 Å². The molecule has 0 radical (unpaired) electrons. The van der Waals surface area contributed by atoms with Crippen LogP contribution in [0.4, 0.5) is 0 Å². The van der Waals surface area contributed by atoms with Crippen LogP contribution >= 0.6 is 11.8 Å². The zero-order chi connectivity index (χ0) is 15.9. The maximum absolute atomic E-state index is 12.2. The van der Waals surface area contributed by atoms with E-state index >= 15 is 0 Å². The second kappa shape index (κ2) is 7.98. The van der Waals surface area contributed by atoms with Gasteiger partial charge in [-0.05, 0) is 18.9 Å². The number of nitrogens with one attached hydrogen (secondary N) is 1. The van der Waals surface area contributed by atoms with E-state index in [4.69, 9.17) is 0 Å². The van der Waals surface area contributed by atoms with E-state index in [1.165, 1.54) is 17.3 Å². The van der Waals surface area contributed by atoms with Crippen LogP contribution in [0.5, 0.6) is 0 Å². The number of carbonyl (C=O) groups excluding carboxylic acids is 1. The van der Waals surface area contributed by atoms with Crippen LogP contribution < -0.4 is 5.32 Å². The molecular formula is C16H22N4OS. The summed E-state index contributed by atoms with van der Waals surface area (Å²) in [6, 6.07) is 10.3. The molecule has 1 aromatic carbocycles. The molecule has 0 aliphatic heterocycles. The van der Waals surface area contributed by atoms with E-state index in [1.807, 2.05) is 36.7 Å². The summed E-state index contributed by atoms with van der Waals surface area (Å²) >= 11 is 1.42. The van der Waals surface area contributed by atoms with Gasteiger partial charge < -0.3 is 9.88 Å². The lowest BCUT2D eigenvalue weighted by Gasteiger charge is -2.18. The monoisotopic (exact) mass is 318 g/mol. The van der Waals surface area contributed by atoms with Crippen LogP contribution in [0.1, 0.15) is 31.7 Å². The summed E-state index contributed by atoms with van der Waals surface area (Å²) in [4.78, 5) is 12.2.